The number of anilines is 1. The summed E-state index contributed by atoms with van der Waals surface area (Å²) in [5.41, 5.74) is 3.17. The number of carbonyl (C=O) groups excluding carboxylic acids is 2. The summed E-state index contributed by atoms with van der Waals surface area (Å²) >= 11 is 11.5. The fraction of sp³-hybridized carbons (Fsp3) is 0.185. The van der Waals surface area contributed by atoms with Crippen molar-refractivity contribution in [1.29, 1.82) is 0 Å². The highest BCUT2D eigenvalue weighted by atomic mass is 35.5. The summed E-state index contributed by atoms with van der Waals surface area (Å²) in [6, 6.07) is 14.6. The summed E-state index contributed by atoms with van der Waals surface area (Å²) < 4.78 is 13.6. The Morgan fingerprint density at radius 3 is 2.61 bits per heavy atom. The number of rotatable bonds is 5. The number of likely N-dealkylation sites (tertiary alicyclic amines) is 1. The van der Waals surface area contributed by atoms with Gasteiger partial charge in [0.25, 0.3) is 5.91 Å². The lowest BCUT2D eigenvalue weighted by molar-refractivity contribution is -0.125. The molecule has 2 amide bonds. The molecule has 0 saturated carbocycles. The molecule has 0 spiro atoms. The van der Waals surface area contributed by atoms with E-state index in [4.69, 9.17) is 23.2 Å². The van der Waals surface area contributed by atoms with Gasteiger partial charge in [-0.05, 0) is 59.2 Å². The lowest BCUT2D eigenvalue weighted by Crippen LogP contribution is -2.27. The number of benzene rings is 1. The van der Waals surface area contributed by atoms with Crippen LogP contribution in [0.4, 0.5) is 10.2 Å². The summed E-state index contributed by atoms with van der Waals surface area (Å²) in [6.45, 7) is 1.46. The Bertz CT molecular complexity index is 1380. The number of nitrogens with one attached hydrogen (secondary N) is 1. The van der Waals surface area contributed by atoms with Crippen LogP contribution in [0.1, 0.15) is 27.9 Å². The van der Waals surface area contributed by atoms with Crippen LogP contribution in [-0.2, 0) is 4.79 Å². The molecule has 1 aliphatic heterocycles. The first kappa shape index (κ1) is 24.2. The Hall–Kier alpha value is -3.55. The van der Waals surface area contributed by atoms with Crippen molar-refractivity contribution >= 4 is 52.5 Å². The second kappa shape index (κ2) is 10.2. The first-order valence-corrected chi connectivity index (χ1v) is 12.1. The van der Waals surface area contributed by atoms with Crippen LogP contribution >= 0.6 is 23.2 Å². The maximum Gasteiger partial charge on any atom is 0.260 e. The molecule has 2 atom stereocenters. The maximum absolute atomic E-state index is 13.6. The minimum atomic E-state index is -0.849. The zero-order valence-electron chi connectivity index (χ0n) is 19.0. The van der Waals surface area contributed by atoms with E-state index in [1.807, 2.05) is 23.1 Å². The highest BCUT2D eigenvalue weighted by Gasteiger charge is 2.37. The first-order chi connectivity index (χ1) is 17.4. The van der Waals surface area contributed by atoms with Gasteiger partial charge in [0, 0.05) is 25.4 Å². The van der Waals surface area contributed by atoms with Gasteiger partial charge in [-0.15, -0.1) is 0 Å². The lowest BCUT2D eigenvalue weighted by atomic mass is 9.98. The van der Waals surface area contributed by atoms with Gasteiger partial charge in [0.05, 0.1) is 5.56 Å². The maximum atomic E-state index is 13.6. The van der Waals surface area contributed by atoms with Crippen molar-refractivity contribution in [2.45, 2.75) is 6.42 Å². The molecule has 5 rings (SSSR count). The Kier molecular flexibility index (Phi) is 6.85. The summed E-state index contributed by atoms with van der Waals surface area (Å²) in [6.07, 6.45) is 8.06. The average molecular weight is 523 g/mol. The van der Waals surface area contributed by atoms with Gasteiger partial charge < -0.3 is 10.2 Å². The predicted octanol–water partition coefficient (Wildman–Crippen LogP) is 5.75. The lowest BCUT2D eigenvalue weighted by Gasteiger charge is -2.15. The number of fused-ring (bicyclic) bond motifs is 1. The van der Waals surface area contributed by atoms with E-state index in [9.17, 15) is 14.0 Å². The number of halogens is 3. The topological polar surface area (TPSA) is 75.2 Å². The molecular weight excluding hydrogens is 502 g/mol. The molecule has 1 aliphatic carbocycles. The van der Waals surface area contributed by atoms with Gasteiger partial charge in [0.2, 0.25) is 5.91 Å². The number of hydrogen-bond acceptors (Lipinski definition) is 4. The largest absolute Gasteiger partial charge is 0.338 e. The third kappa shape index (κ3) is 5.17. The second-order valence-electron chi connectivity index (χ2n) is 8.79. The molecular formula is C27H21Cl2FN4O2. The molecule has 6 nitrogen and oxygen atoms in total. The molecule has 9 heteroatoms. The molecule has 2 aromatic heterocycles. The van der Waals surface area contributed by atoms with Gasteiger partial charge in [-0.25, -0.2) is 14.4 Å². The zero-order chi connectivity index (χ0) is 25.2. The zero-order valence-corrected chi connectivity index (χ0v) is 20.5. The molecule has 2 aliphatic rings. The van der Waals surface area contributed by atoms with Crippen LogP contribution < -0.4 is 5.32 Å². The van der Waals surface area contributed by atoms with Gasteiger partial charge in [-0.2, -0.15) is 0 Å². The third-order valence-corrected chi connectivity index (χ3v) is 6.98. The standard InChI is InChI=1S/C27H21Cl2FN4O2/c28-25-21(12-22(30)26(29)33-25)27(36)32-23-8-6-16(13-31-23)7-9-24(35)34-14-19-10-18(11-20(19)15-34)17-4-2-1-3-5-17/h1-10,12-13,19-20H,11,14-15H2,(H,31,32,36). The average Bonchev–Trinajstić information content (AvgIpc) is 3.46. The molecule has 1 aromatic carbocycles. The number of amides is 2. The van der Waals surface area contributed by atoms with Crippen LogP contribution in [0.15, 0.2) is 66.9 Å². The normalized spacial score (nSPS) is 18.9. The number of aromatic nitrogens is 2. The van der Waals surface area contributed by atoms with Gasteiger partial charge in [0.15, 0.2) is 11.0 Å². The summed E-state index contributed by atoms with van der Waals surface area (Å²) in [5, 5.41) is 1.91. The molecule has 0 bridgehead atoms. The smallest absolute Gasteiger partial charge is 0.260 e. The quantitative estimate of drug-likeness (QED) is 0.342. The summed E-state index contributed by atoms with van der Waals surface area (Å²) in [7, 11) is 0. The van der Waals surface area contributed by atoms with Crippen LogP contribution in [-0.4, -0.2) is 39.8 Å². The van der Waals surface area contributed by atoms with Crippen LogP contribution in [0.5, 0.6) is 0 Å². The van der Waals surface area contributed by atoms with Gasteiger partial charge in [0.1, 0.15) is 11.0 Å². The molecule has 2 unspecified atom stereocenters. The predicted molar refractivity (Wildman–Crippen MR) is 138 cm³/mol. The van der Waals surface area contributed by atoms with E-state index < -0.39 is 16.9 Å². The second-order valence-corrected chi connectivity index (χ2v) is 9.51. The van der Waals surface area contributed by atoms with Crippen molar-refractivity contribution in [2.75, 3.05) is 18.4 Å². The molecule has 36 heavy (non-hydrogen) atoms. The third-order valence-electron chi connectivity index (χ3n) is 6.42. The van der Waals surface area contributed by atoms with E-state index in [1.54, 1.807) is 24.3 Å². The minimum Gasteiger partial charge on any atom is -0.338 e. The van der Waals surface area contributed by atoms with E-state index in [-0.39, 0.29) is 22.4 Å². The molecule has 3 aromatic rings. The fourth-order valence-corrected chi connectivity index (χ4v) is 5.00. The highest BCUT2D eigenvalue weighted by molar-refractivity contribution is 6.35. The van der Waals surface area contributed by atoms with Crippen LogP contribution in [0, 0.1) is 17.7 Å². The highest BCUT2D eigenvalue weighted by Crippen LogP contribution is 2.40. The SMILES string of the molecule is O=C(Nc1ccc(C=CC(=O)N2CC3C=C(c4ccccc4)CC3C2)cn1)c1cc(F)c(Cl)nc1Cl. The number of carbonyl (C=O) groups is 2. The van der Waals surface area contributed by atoms with Crippen molar-refractivity contribution in [1.82, 2.24) is 14.9 Å². The van der Waals surface area contributed by atoms with Crippen molar-refractivity contribution in [3.63, 3.8) is 0 Å². The van der Waals surface area contributed by atoms with Crippen molar-refractivity contribution < 1.29 is 14.0 Å². The van der Waals surface area contributed by atoms with Gasteiger partial charge in [-0.3, -0.25) is 9.59 Å². The first-order valence-electron chi connectivity index (χ1n) is 11.4. The van der Waals surface area contributed by atoms with Gasteiger partial charge >= 0.3 is 0 Å². The van der Waals surface area contributed by atoms with Crippen LogP contribution in [0.3, 0.4) is 0 Å². The molecule has 182 valence electrons. The van der Waals surface area contributed by atoms with E-state index in [2.05, 4.69) is 33.5 Å². The van der Waals surface area contributed by atoms with Crippen molar-refractivity contribution in [3.05, 3.63) is 99.7 Å². The van der Waals surface area contributed by atoms with Crippen molar-refractivity contribution in [3.8, 4) is 0 Å². The number of allylic oxidation sites excluding steroid dienone is 1. The van der Waals surface area contributed by atoms with E-state index in [0.717, 1.165) is 25.6 Å². The molecule has 0 radical (unpaired) electrons. The number of nitrogens with zero attached hydrogens (tertiary/aromatic N) is 3. The van der Waals surface area contributed by atoms with E-state index >= 15 is 0 Å². The summed E-state index contributed by atoms with van der Waals surface area (Å²) in [5.74, 6) is -0.469. The Labute approximate surface area is 217 Å². The monoisotopic (exact) mass is 522 g/mol. The summed E-state index contributed by atoms with van der Waals surface area (Å²) in [4.78, 5) is 34.8. The number of pyridine rings is 2. The molecule has 1 N–H and O–H groups in total. The number of hydrogen-bond donors (Lipinski definition) is 1. The van der Waals surface area contributed by atoms with Crippen LogP contribution in [0.2, 0.25) is 10.3 Å². The van der Waals surface area contributed by atoms with Crippen LogP contribution in [0.25, 0.3) is 11.6 Å². The Morgan fingerprint density at radius 2 is 1.89 bits per heavy atom. The Morgan fingerprint density at radius 1 is 1.08 bits per heavy atom. The molecule has 3 heterocycles. The van der Waals surface area contributed by atoms with E-state index in [1.165, 1.54) is 17.3 Å². The molecule has 1 fully saturated rings. The Balaban J connectivity index is 1.17. The fourth-order valence-electron chi connectivity index (χ4n) is 4.60. The van der Waals surface area contributed by atoms with E-state index in [0.29, 0.717) is 17.4 Å². The van der Waals surface area contributed by atoms with Gasteiger partial charge in [-0.1, -0.05) is 59.6 Å². The molecule has 1 saturated heterocycles. The minimum absolute atomic E-state index is 0.0386. The van der Waals surface area contributed by atoms with Crippen molar-refractivity contribution in [2.24, 2.45) is 11.8 Å².